The lowest BCUT2D eigenvalue weighted by molar-refractivity contribution is -0.137. The first-order chi connectivity index (χ1) is 11.7. The monoisotopic (exact) mass is 365 g/mol. The van der Waals surface area contributed by atoms with E-state index in [1.54, 1.807) is 17.9 Å². The Morgan fingerprint density at radius 3 is 2.68 bits per heavy atom. The Balaban J connectivity index is 2.27. The molecule has 0 saturated carbocycles. The van der Waals surface area contributed by atoms with Crippen molar-refractivity contribution < 1.29 is 19.1 Å². The van der Waals surface area contributed by atoms with Gasteiger partial charge in [0.15, 0.2) is 0 Å². The van der Waals surface area contributed by atoms with E-state index in [2.05, 4.69) is 0 Å². The second kappa shape index (κ2) is 7.91. The molecule has 1 atom stereocenters. The van der Waals surface area contributed by atoms with Gasteiger partial charge in [0, 0.05) is 17.6 Å². The zero-order chi connectivity index (χ0) is 18.6. The highest BCUT2D eigenvalue weighted by atomic mass is 35.5. The number of hydrogen-bond donors (Lipinski definition) is 0. The van der Waals surface area contributed by atoms with Crippen LogP contribution < -0.4 is 0 Å². The fourth-order valence-corrected chi connectivity index (χ4v) is 2.84. The van der Waals surface area contributed by atoms with Crippen molar-refractivity contribution in [2.24, 2.45) is 0 Å². The molecule has 1 amide bonds. The number of carbonyl (C=O) groups excluding carboxylic acids is 2. The van der Waals surface area contributed by atoms with Crippen molar-refractivity contribution in [3.05, 3.63) is 46.5 Å². The van der Waals surface area contributed by atoms with Gasteiger partial charge in [-0.2, -0.15) is 0 Å². The van der Waals surface area contributed by atoms with Crippen molar-refractivity contribution in [1.82, 2.24) is 4.90 Å². The molecule has 1 aromatic carbocycles. The van der Waals surface area contributed by atoms with Gasteiger partial charge in [0.05, 0.1) is 12.6 Å². The topological polar surface area (TPSA) is 55.8 Å². The molecule has 1 aliphatic heterocycles. The molecule has 0 aromatic heterocycles. The third kappa shape index (κ3) is 5.49. The highest BCUT2D eigenvalue weighted by molar-refractivity contribution is 6.30. The van der Waals surface area contributed by atoms with E-state index in [1.165, 1.54) is 6.08 Å². The number of ether oxygens (including phenoxy) is 2. The van der Waals surface area contributed by atoms with E-state index in [0.29, 0.717) is 24.6 Å². The van der Waals surface area contributed by atoms with Crippen LogP contribution in [-0.4, -0.2) is 35.2 Å². The van der Waals surface area contributed by atoms with Gasteiger partial charge in [0.2, 0.25) is 0 Å². The van der Waals surface area contributed by atoms with Crippen molar-refractivity contribution in [1.29, 1.82) is 0 Å². The zero-order valence-electron chi connectivity index (χ0n) is 15.0. The summed E-state index contributed by atoms with van der Waals surface area (Å²) in [6.45, 7) is 7.93. The third-order valence-corrected chi connectivity index (χ3v) is 3.94. The maximum absolute atomic E-state index is 12.6. The molecule has 0 saturated heterocycles. The molecule has 5 nitrogen and oxygen atoms in total. The molecule has 0 aliphatic carbocycles. The van der Waals surface area contributed by atoms with Crippen LogP contribution in [0, 0.1) is 0 Å². The van der Waals surface area contributed by atoms with Crippen LogP contribution in [-0.2, 0) is 27.2 Å². The first-order valence-electron chi connectivity index (χ1n) is 8.31. The minimum absolute atomic E-state index is 0.301. The number of fused-ring (bicyclic) bond motifs is 1. The van der Waals surface area contributed by atoms with E-state index >= 15 is 0 Å². The van der Waals surface area contributed by atoms with Gasteiger partial charge in [-0.15, -0.1) is 0 Å². The van der Waals surface area contributed by atoms with Crippen LogP contribution in [0.1, 0.15) is 38.8 Å². The maximum atomic E-state index is 12.6. The fourth-order valence-electron chi connectivity index (χ4n) is 2.65. The highest BCUT2D eigenvalue weighted by Crippen LogP contribution is 2.28. The fraction of sp³-hybridized carbons (Fsp3) is 0.474. The predicted molar refractivity (Wildman–Crippen MR) is 96.5 cm³/mol. The number of nitrogens with zero attached hydrogens (tertiary/aromatic N) is 1. The van der Waals surface area contributed by atoms with Crippen LogP contribution in [0.15, 0.2) is 30.4 Å². The van der Waals surface area contributed by atoms with E-state index in [0.717, 1.165) is 11.1 Å². The van der Waals surface area contributed by atoms with Gasteiger partial charge in [0.25, 0.3) is 0 Å². The molecule has 6 heteroatoms. The normalized spacial score (nSPS) is 17.3. The zero-order valence-corrected chi connectivity index (χ0v) is 15.8. The summed E-state index contributed by atoms with van der Waals surface area (Å²) in [5.74, 6) is -0.427. The molecule has 136 valence electrons. The van der Waals surface area contributed by atoms with Crippen LogP contribution in [0.4, 0.5) is 4.79 Å². The van der Waals surface area contributed by atoms with Crippen molar-refractivity contribution in [2.75, 3.05) is 6.61 Å². The largest absolute Gasteiger partial charge is 0.463 e. The van der Waals surface area contributed by atoms with E-state index in [4.69, 9.17) is 21.1 Å². The highest BCUT2D eigenvalue weighted by Gasteiger charge is 2.31. The van der Waals surface area contributed by atoms with Gasteiger partial charge in [0.1, 0.15) is 5.60 Å². The van der Waals surface area contributed by atoms with E-state index in [9.17, 15) is 9.59 Å². The van der Waals surface area contributed by atoms with Crippen LogP contribution in [0.3, 0.4) is 0 Å². The van der Waals surface area contributed by atoms with E-state index in [1.807, 2.05) is 39.0 Å². The van der Waals surface area contributed by atoms with Gasteiger partial charge in [-0.1, -0.05) is 23.7 Å². The van der Waals surface area contributed by atoms with Gasteiger partial charge in [-0.3, -0.25) is 4.90 Å². The molecule has 0 bridgehead atoms. The Bertz CT molecular complexity index is 678. The summed E-state index contributed by atoms with van der Waals surface area (Å²) in [4.78, 5) is 25.8. The maximum Gasteiger partial charge on any atom is 0.411 e. The Morgan fingerprint density at radius 1 is 1.32 bits per heavy atom. The van der Waals surface area contributed by atoms with Crippen LogP contribution in [0.2, 0.25) is 5.02 Å². The van der Waals surface area contributed by atoms with Crippen LogP contribution in [0.5, 0.6) is 0 Å². The first-order valence-corrected chi connectivity index (χ1v) is 8.69. The van der Waals surface area contributed by atoms with Crippen molar-refractivity contribution >= 4 is 23.7 Å². The van der Waals surface area contributed by atoms with Gasteiger partial charge < -0.3 is 9.47 Å². The van der Waals surface area contributed by atoms with Crippen molar-refractivity contribution in [3.63, 3.8) is 0 Å². The quantitative estimate of drug-likeness (QED) is 0.597. The summed E-state index contributed by atoms with van der Waals surface area (Å²) in [5, 5.41) is 0.651. The Morgan fingerprint density at radius 2 is 2.04 bits per heavy atom. The summed E-state index contributed by atoms with van der Waals surface area (Å²) in [6.07, 6.45) is 3.20. The molecular weight excluding hydrogens is 342 g/mol. The summed E-state index contributed by atoms with van der Waals surface area (Å²) in [6, 6.07) is 5.32. The molecule has 1 heterocycles. The number of benzene rings is 1. The molecule has 0 N–H and O–H groups in total. The van der Waals surface area contributed by atoms with Crippen molar-refractivity contribution in [2.45, 2.75) is 52.3 Å². The first kappa shape index (κ1) is 19.3. The lowest BCUT2D eigenvalue weighted by Gasteiger charge is -2.36. The Hall–Kier alpha value is -2.01. The molecule has 25 heavy (non-hydrogen) atoms. The number of hydrogen-bond acceptors (Lipinski definition) is 4. The smallest absolute Gasteiger partial charge is 0.411 e. The molecule has 0 fully saturated rings. The third-order valence-electron chi connectivity index (χ3n) is 3.71. The SMILES string of the molecule is CCOC(=O)C=CC1Cc2cc(Cl)ccc2CN1C(=O)OC(C)(C)C. The summed E-state index contributed by atoms with van der Waals surface area (Å²) >= 11 is 6.08. The minimum Gasteiger partial charge on any atom is -0.463 e. The lowest BCUT2D eigenvalue weighted by atomic mass is 9.94. The number of carbonyl (C=O) groups is 2. The molecule has 0 spiro atoms. The molecule has 1 unspecified atom stereocenters. The minimum atomic E-state index is -0.591. The Labute approximate surface area is 153 Å². The molecule has 1 aromatic rings. The number of esters is 1. The van der Waals surface area contributed by atoms with Gasteiger partial charge >= 0.3 is 12.1 Å². The van der Waals surface area contributed by atoms with Gasteiger partial charge in [-0.25, -0.2) is 9.59 Å². The average Bonchev–Trinajstić information content (AvgIpc) is 2.50. The van der Waals surface area contributed by atoms with Crippen molar-refractivity contribution in [3.8, 4) is 0 Å². The van der Waals surface area contributed by atoms with Gasteiger partial charge in [-0.05, 0) is 57.4 Å². The summed E-state index contributed by atoms with van der Waals surface area (Å²) in [5.41, 5.74) is 1.49. The number of rotatable bonds is 3. The second-order valence-corrected chi connectivity index (χ2v) is 7.34. The predicted octanol–water partition coefficient (Wildman–Crippen LogP) is 4.12. The summed E-state index contributed by atoms with van der Waals surface area (Å²) in [7, 11) is 0. The molecule has 0 radical (unpaired) electrons. The number of amides is 1. The van der Waals surface area contributed by atoms with E-state index < -0.39 is 17.7 Å². The lowest BCUT2D eigenvalue weighted by Crippen LogP contribution is -2.45. The van der Waals surface area contributed by atoms with E-state index in [-0.39, 0.29) is 6.04 Å². The second-order valence-electron chi connectivity index (χ2n) is 6.90. The standard InChI is InChI=1S/C19H24ClNO4/c1-5-24-17(22)9-8-16-11-14-10-15(20)7-6-13(14)12-21(16)18(23)25-19(2,3)4/h6-10,16H,5,11-12H2,1-4H3. The number of halogens is 1. The summed E-state index contributed by atoms with van der Waals surface area (Å²) < 4.78 is 10.4. The molecule has 1 aliphatic rings. The molecular formula is C19H24ClNO4. The Kier molecular flexibility index (Phi) is 6.11. The van der Waals surface area contributed by atoms with Crippen LogP contribution >= 0.6 is 11.6 Å². The molecule has 2 rings (SSSR count). The van der Waals surface area contributed by atoms with Crippen LogP contribution in [0.25, 0.3) is 0 Å². The average molecular weight is 366 g/mol.